The van der Waals surface area contributed by atoms with Crippen LogP contribution in [0.25, 0.3) is 0 Å². The van der Waals surface area contributed by atoms with Crippen LogP contribution in [0.5, 0.6) is 57.5 Å². The lowest BCUT2D eigenvalue weighted by molar-refractivity contribution is 0.452. The average molecular weight is 1400 g/mol. The summed E-state index contributed by atoms with van der Waals surface area (Å²) in [6, 6.07) is 90.5. The van der Waals surface area contributed by atoms with Crippen LogP contribution in [0, 0.1) is 83.1 Å². The van der Waals surface area contributed by atoms with E-state index in [0.29, 0.717) is 11.5 Å². The van der Waals surface area contributed by atoms with E-state index in [1.54, 1.807) is 0 Å². The summed E-state index contributed by atoms with van der Waals surface area (Å²) < 4.78 is 37.7. The van der Waals surface area contributed by atoms with Crippen molar-refractivity contribution >= 4 is 138 Å². The third kappa shape index (κ3) is 9.81. The molecule has 0 radical (unpaired) electrons. The lowest BCUT2D eigenvalue weighted by Gasteiger charge is -2.43. The molecule has 12 heteroatoms. The van der Waals surface area contributed by atoms with Crippen molar-refractivity contribution in [2.24, 2.45) is 0 Å². The van der Waals surface area contributed by atoms with Crippen molar-refractivity contribution < 1.29 is 23.7 Å². The second-order valence-electron chi connectivity index (χ2n) is 30.5. The van der Waals surface area contributed by atoms with E-state index >= 15 is 0 Å². The molecule has 0 fully saturated rings. The second kappa shape index (κ2) is 24.5. The van der Waals surface area contributed by atoms with Gasteiger partial charge in [-0.25, -0.2) is 0 Å². The molecule has 0 aromatic heterocycles. The molecule has 0 bridgehead atoms. The Morgan fingerprint density at radius 1 is 0.213 bits per heavy atom. The van der Waals surface area contributed by atoms with Crippen molar-refractivity contribution in [1.29, 1.82) is 0 Å². The molecule has 0 aliphatic carbocycles. The molecule has 14 aromatic rings. The molecule has 0 spiro atoms. The highest BCUT2D eigenvalue weighted by atomic mass is 16.5. The van der Waals surface area contributed by atoms with E-state index in [2.05, 4.69) is 351 Å². The van der Waals surface area contributed by atoms with Crippen molar-refractivity contribution in [3.8, 4) is 57.5 Å². The van der Waals surface area contributed by atoms with Gasteiger partial charge < -0.3 is 43.3 Å². The van der Waals surface area contributed by atoms with Crippen LogP contribution < -0.4 is 92.4 Å². The van der Waals surface area contributed by atoms with Crippen LogP contribution in [-0.4, -0.2) is 20.1 Å². The largest absolute Gasteiger partial charge is 0.458 e. The van der Waals surface area contributed by atoms with E-state index in [9.17, 15) is 0 Å². The molecule has 6 aliphatic heterocycles. The third-order valence-electron chi connectivity index (χ3n) is 23.5. The summed E-state index contributed by atoms with van der Waals surface area (Å²) in [6.07, 6.45) is 0. The summed E-state index contributed by atoms with van der Waals surface area (Å²) in [5.41, 5.74) is 36.0. The second-order valence-corrected chi connectivity index (χ2v) is 30.5. The van der Waals surface area contributed by atoms with Crippen LogP contribution in [0.4, 0.5) is 68.2 Å². The first kappa shape index (κ1) is 65.0. The zero-order valence-corrected chi connectivity index (χ0v) is 62.7. The standard InChI is InChI=1S/C96H77B3N4O5/c1-54-26-20-27-55(2)91(54)101(92-56(3)28-21-29-57(92)4)67-44-77-88-83(45-67)104-78-42-18-16-40-70(78)97(88)72-50-73-80(52-76(72)100(77)66-38-14-13-15-39-66)106-86-48-69(103(95-62(9)34-24-35-63(95)10)96-64(11)36-25-37-65(96)12)49-87-90(86)99(73)75-51-74-81(53-82(75)108-87)107-85-47-68(46-84-89(85)98(74)71-41-17-19-43-79(71)105-84)102(93-58(5)30-22-31-59(93)6)94-60(7)32-23-33-61(94)8/h13-53H,1-12H3. The maximum Gasteiger partial charge on any atom is 0.260 e. The van der Waals surface area contributed by atoms with E-state index in [1.807, 2.05) is 0 Å². The number of nitrogens with zero attached hydrogens (tertiary/aromatic N) is 4. The third-order valence-corrected chi connectivity index (χ3v) is 23.5. The molecular weight excluding hydrogens is 1320 g/mol. The highest BCUT2D eigenvalue weighted by Gasteiger charge is 2.50. The Hall–Kier alpha value is -12.5. The van der Waals surface area contributed by atoms with Gasteiger partial charge in [0.2, 0.25) is 0 Å². The Balaban J connectivity index is 0.838. The van der Waals surface area contributed by atoms with Gasteiger partial charge in [0.05, 0.1) is 51.2 Å². The summed E-state index contributed by atoms with van der Waals surface area (Å²) >= 11 is 0. The maximum atomic E-state index is 7.85. The molecule has 0 N–H and O–H groups in total. The van der Waals surface area contributed by atoms with E-state index in [1.165, 1.54) is 22.3 Å². The molecule has 0 atom stereocenters. The van der Waals surface area contributed by atoms with Gasteiger partial charge in [-0.15, -0.1) is 0 Å². The molecule has 14 aromatic carbocycles. The topological polar surface area (TPSA) is 59.1 Å². The molecule has 0 unspecified atom stereocenters. The first-order valence-corrected chi connectivity index (χ1v) is 37.6. The number of hydrogen-bond acceptors (Lipinski definition) is 9. The molecule has 520 valence electrons. The summed E-state index contributed by atoms with van der Waals surface area (Å²) in [4.78, 5) is 9.78. The number of rotatable bonds is 10. The zero-order chi connectivity index (χ0) is 73.4. The summed E-state index contributed by atoms with van der Waals surface area (Å²) in [6.45, 7) is 25.6. The number of ether oxygens (including phenoxy) is 5. The summed E-state index contributed by atoms with van der Waals surface area (Å²) in [5.74, 6) is 7.53. The van der Waals surface area contributed by atoms with E-state index in [-0.39, 0.29) is 13.4 Å². The molecule has 6 aliphatic rings. The van der Waals surface area contributed by atoms with Crippen molar-refractivity contribution in [2.45, 2.75) is 83.1 Å². The Morgan fingerprint density at radius 2 is 0.491 bits per heavy atom. The number of hydrogen-bond donors (Lipinski definition) is 0. The maximum absolute atomic E-state index is 7.85. The van der Waals surface area contributed by atoms with Gasteiger partial charge in [0.25, 0.3) is 20.1 Å². The average Bonchev–Trinajstić information content (AvgIpc) is 0.695. The Morgan fingerprint density at radius 3 is 0.852 bits per heavy atom. The molecule has 0 amide bonds. The van der Waals surface area contributed by atoms with Crippen LogP contribution in [0.15, 0.2) is 249 Å². The molecule has 20 rings (SSSR count). The van der Waals surface area contributed by atoms with Crippen LogP contribution >= 0.6 is 0 Å². The number of fused-ring (bicyclic) bond motifs is 12. The number of anilines is 12. The molecule has 9 nitrogen and oxygen atoms in total. The highest BCUT2D eigenvalue weighted by molar-refractivity contribution is 7.02. The SMILES string of the molecule is Cc1cccc(C)c1N(c1cc2c3c(c1)Oc1cc4c(cc1B3c1ccccc1O2)B1c2cc3c(cc2Oc2cc(N(c5c(C)cccc5C)c5c(C)cccc5C)cc(c21)O4)N(c1ccccc1)c1cc(N(c2c(C)cccc2C)c2c(C)cccc2C)cc2c1B3c1ccccc1O2)c1c(C)cccc1C. The van der Waals surface area contributed by atoms with Gasteiger partial charge in [-0.3, -0.25) is 0 Å². The van der Waals surface area contributed by atoms with Crippen molar-refractivity contribution in [2.75, 3.05) is 19.6 Å². The fourth-order valence-electron chi connectivity index (χ4n) is 18.9. The first-order valence-electron chi connectivity index (χ1n) is 37.6. The quantitative estimate of drug-likeness (QED) is 0.125. The van der Waals surface area contributed by atoms with E-state index < -0.39 is 6.71 Å². The van der Waals surface area contributed by atoms with Gasteiger partial charge in [0, 0.05) is 70.5 Å². The van der Waals surface area contributed by atoms with E-state index in [4.69, 9.17) is 23.7 Å². The first-order chi connectivity index (χ1) is 52.5. The van der Waals surface area contributed by atoms with Gasteiger partial charge in [0.1, 0.15) is 57.5 Å². The van der Waals surface area contributed by atoms with Crippen LogP contribution in [0.3, 0.4) is 0 Å². The predicted octanol–water partition coefficient (Wildman–Crippen LogP) is 19.7. The molecular formula is C96H77B3N4O5. The molecule has 108 heavy (non-hydrogen) atoms. The normalized spacial score (nSPS) is 13.1. The fraction of sp³-hybridized carbons (Fsp3) is 0.125. The smallest absolute Gasteiger partial charge is 0.260 e. The Labute approximate surface area is 633 Å². The summed E-state index contributed by atoms with van der Waals surface area (Å²) in [7, 11) is 0. The predicted molar refractivity (Wildman–Crippen MR) is 449 cm³/mol. The highest BCUT2D eigenvalue weighted by Crippen LogP contribution is 2.53. The van der Waals surface area contributed by atoms with Crippen molar-refractivity contribution in [3.05, 3.63) is 315 Å². The van der Waals surface area contributed by atoms with Gasteiger partial charge in [-0.2, -0.15) is 0 Å². The van der Waals surface area contributed by atoms with Crippen LogP contribution in [-0.2, 0) is 0 Å². The van der Waals surface area contributed by atoms with Gasteiger partial charge >= 0.3 is 0 Å². The van der Waals surface area contributed by atoms with Gasteiger partial charge in [-0.1, -0.05) is 176 Å². The number of para-hydroxylation sites is 9. The van der Waals surface area contributed by atoms with E-state index in [0.717, 1.165) is 208 Å². The van der Waals surface area contributed by atoms with Gasteiger partial charge in [0.15, 0.2) is 0 Å². The summed E-state index contributed by atoms with van der Waals surface area (Å²) in [5, 5.41) is 0. The lowest BCUT2D eigenvalue weighted by atomic mass is 9.30. The minimum atomic E-state index is -0.394. The van der Waals surface area contributed by atoms with Crippen LogP contribution in [0.1, 0.15) is 66.8 Å². The Bertz CT molecular complexity index is 5950. The molecule has 0 saturated carbocycles. The van der Waals surface area contributed by atoms with Gasteiger partial charge in [-0.05, 0) is 218 Å². The number of benzene rings is 14. The number of aryl methyl sites for hydroxylation is 12. The Kier molecular flexibility index (Phi) is 14.8. The monoisotopic (exact) mass is 1400 g/mol. The molecule has 0 saturated heterocycles. The van der Waals surface area contributed by atoms with Crippen LogP contribution in [0.2, 0.25) is 0 Å². The fourth-order valence-corrected chi connectivity index (χ4v) is 18.9. The molecule has 6 heterocycles. The minimum absolute atomic E-state index is 0.259. The lowest BCUT2D eigenvalue weighted by Crippen LogP contribution is -2.64. The zero-order valence-electron chi connectivity index (χ0n) is 62.7. The van der Waals surface area contributed by atoms with Crippen molar-refractivity contribution in [1.82, 2.24) is 0 Å². The minimum Gasteiger partial charge on any atom is -0.458 e. The van der Waals surface area contributed by atoms with Crippen molar-refractivity contribution in [3.63, 3.8) is 0 Å².